The lowest BCUT2D eigenvalue weighted by Crippen LogP contribution is -2.35. The predicted molar refractivity (Wildman–Crippen MR) is 67.0 cm³/mol. The Morgan fingerprint density at radius 2 is 2.18 bits per heavy atom. The summed E-state index contributed by atoms with van der Waals surface area (Å²) in [6.07, 6.45) is 2.28. The predicted octanol–water partition coefficient (Wildman–Crippen LogP) is 1.10. The molecule has 94 valence electrons. The van der Waals surface area contributed by atoms with E-state index in [1.807, 2.05) is 13.0 Å². The summed E-state index contributed by atoms with van der Waals surface area (Å²) in [6.45, 7) is 4.59. The van der Waals surface area contributed by atoms with Crippen molar-refractivity contribution in [1.29, 1.82) is 0 Å². The molecule has 0 atom stereocenters. The van der Waals surface area contributed by atoms with Crippen LogP contribution in [0.15, 0.2) is 6.07 Å². The number of aryl methyl sites for hydroxylation is 1. The minimum absolute atomic E-state index is 0.515. The molecule has 0 bridgehead atoms. The van der Waals surface area contributed by atoms with Crippen LogP contribution >= 0.6 is 0 Å². The van der Waals surface area contributed by atoms with Gasteiger partial charge in [0.15, 0.2) is 0 Å². The highest BCUT2D eigenvalue weighted by molar-refractivity contribution is 5.37. The molecule has 1 aromatic rings. The van der Waals surface area contributed by atoms with Gasteiger partial charge < -0.3 is 15.4 Å². The number of hydrogen-bond donors (Lipinski definition) is 2. The summed E-state index contributed by atoms with van der Waals surface area (Å²) in [4.78, 5) is 8.74. The molecule has 1 fully saturated rings. The van der Waals surface area contributed by atoms with Crippen LogP contribution < -0.4 is 10.6 Å². The minimum atomic E-state index is 0.515. The highest BCUT2D eigenvalue weighted by Gasteiger charge is 2.13. The molecule has 0 aromatic carbocycles. The number of piperidine rings is 1. The van der Waals surface area contributed by atoms with Crippen molar-refractivity contribution in [3.05, 3.63) is 17.6 Å². The zero-order valence-corrected chi connectivity index (χ0v) is 10.5. The quantitative estimate of drug-likeness (QED) is 0.819. The van der Waals surface area contributed by atoms with Crippen LogP contribution in [0, 0.1) is 6.92 Å². The van der Waals surface area contributed by atoms with Gasteiger partial charge in [-0.05, 0) is 32.9 Å². The molecule has 0 spiro atoms. The van der Waals surface area contributed by atoms with Crippen molar-refractivity contribution in [3.8, 4) is 0 Å². The van der Waals surface area contributed by atoms with E-state index >= 15 is 0 Å². The maximum absolute atomic E-state index is 5.10. The fraction of sp³-hybridized carbons (Fsp3) is 0.667. The van der Waals surface area contributed by atoms with Gasteiger partial charge in [0.1, 0.15) is 11.6 Å². The topological polar surface area (TPSA) is 59.1 Å². The van der Waals surface area contributed by atoms with Crippen molar-refractivity contribution in [3.63, 3.8) is 0 Å². The van der Waals surface area contributed by atoms with Crippen LogP contribution in [0.3, 0.4) is 0 Å². The van der Waals surface area contributed by atoms with Gasteiger partial charge >= 0.3 is 0 Å². The Morgan fingerprint density at radius 1 is 1.41 bits per heavy atom. The van der Waals surface area contributed by atoms with Crippen LogP contribution in [0.2, 0.25) is 0 Å². The molecule has 1 aliphatic heterocycles. The molecule has 2 N–H and O–H groups in total. The van der Waals surface area contributed by atoms with Crippen LogP contribution in [0.5, 0.6) is 0 Å². The first-order valence-electron chi connectivity index (χ1n) is 6.08. The number of hydrogen-bond acceptors (Lipinski definition) is 5. The fourth-order valence-electron chi connectivity index (χ4n) is 2.10. The SMILES string of the molecule is COCc1cc(NC2CCNCC2)nc(C)n1. The third kappa shape index (κ3) is 3.64. The normalized spacial score (nSPS) is 17.1. The summed E-state index contributed by atoms with van der Waals surface area (Å²) in [5.74, 6) is 1.70. The molecule has 0 amide bonds. The van der Waals surface area contributed by atoms with Crippen molar-refractivity contribution >= 4 is 5.82 Å². The van der Waals surface area contributed by atoms with E-state index in [1.165, 1.54) is 0 Å². The Kier molecular flexibility index (Phi) is 4.28. The molecule has 1 aliphatic rings. The van der Waals surface area contributed by atoms with E-state index < -0.39 is 0 Å². The molecule has 5 nitrogen and oxygen atoms in total. The van der Waals surface area contributed by atoms with Crippen molar-refractivity contribution in [2.75, 3.05) is 25.5 Å². The standard InChI is InChI=1S/C12H20N4O/c1-9-14-11(8-17-2)7-12(15-9)16-10-3-5-13-6-4-10/h7,10,13H,3-6,8H2,1-2H3,(H,14,15,16). The van der Waals surface area contributed by atoms with Gasteiger partial charge in [-0.25, -0.2) is 9.97 Å². The summed E-state index contributed by atoms with van der Waals surface area (Å²) in [7, 11) is 1.68. The first-order valence-corrected chi connectivity index (χ1v) is 6.08. The van der Waals surface area contributed by atoms with Gasteiger partial charge in [0, 0.05) is 19.2 Å². The lowest BCUT2D eigenvalue weighted by atomic mass is 10.1. The van der Waals surface area contributed by atoms with Gasteiger partial charge in [0.2, 0.25) is 0 Å². The van der Waals surface area contributed by atoms with Crippen molar-refractivity contribution in [2.24, 2.45) is 0 Å². The lowest BCUT2D eigenvalue weighted by Gasteiger charge is -2.24. The molecular formula is C12H20N4O. The van der Waals surface area contributed by atoms with E-state index in [4.69, 9.17) is 4.74 Å². The summed E-state index contributed by atoms with van der Waals surface area (Å²) >= 11 is 0. The van der Waals surface area contributed by atoms with Crippen molar-refractivity contribution in [1.82, 2.24) is 15.3 Å². The zero-order chi connectivity index (χ0) is 12.1. The third-order valence-corrected chi connectivity index (χ3v) is 2.87. The number of anilines is 1. The maximum atomic E-state index is 5.10. The van der Waals surface area contributed by atoms with Gasteiger partial charge in [-0.1, -0.05) is 0 Å². The van der Waals surface area contributed by atoms with E-state index in [0.29, 0.717) is 12.6 Å². The van der Waals surface area contributed by atoms with Crippen LogP contribution in [0.4, 0.5) is 5.82 Å². The molecule has 17 heavy (non-hydrogen) atoms. The number of nitrogens with one attached hydrogen (secondary N) is 2. The van der Waals surface area contributed by atoms with E-state index in [0.717, 1.165) is 43.3 Å². The second kappa shape index (κ2) is 5.93. The van der Waals surface area contributed by atoms with Gasteiger partial charge in [-0.15, -0.1) is 0 Å². The van der Waals surface area contributed by atoms with E-state index in [1.54, 1.807) is 7.11 Å². The van der Waals surface area contributed by atoms with Crippen LogP contribution in [-0.4, -0.2) is 36.2 Å². The Balaban J connectivity index is 2.03. The maximum Gasteiger partial charge on any atom is 0.130 e. The van der Waals surface area contributed by atoms with E-state index in [-0.39, 0.29) is 0 Å². The summed E-state index contributed by atoms with van der Waals surface area (Å²) in [6, 6.07) is 2.49. The van der Waals surface area contributed by atoms with Crippen LogP contribution in [0.25, 0.3) is 0 Å². The van der Waals surface area contributed by atoms with Crippen molar-refractivity contribution < 1.29 is 4.74 Å². The lowest BCUT2D eigenvalue weighted by molar-refractivity contribution is 0.181. The number of methoxy groups -OCH3 is 1. The molecule has 5 heteroatoms. The fourth-order valence-corrected chi connectivity index (χ4v) is 2.10. The van der Waals surface area contributed by atoms with Gasteiger partial charge in [0.25, 0.3) is 0 Å². The average molecular weight is 236 g/mol. The number of aromatic nitrogens is 2. The molecule has 0 aliphatic carbocycles. The largest absolute Gasteiger partial charge is 0.378 e. The highest BCUT2D eigenvalue weighted by Crippen LogP contribution is 2.13. The van der Waals surface area contributed by atoms with E-state index in [2.05, 4.69) is 20.6 Å². The Labute approximate surface area is 102 Å². The Hall–Kier alpha value is -1.20. The Morgan fingerprint density at radius 3 is 2.88 bits per heavy atom. The molecule has 2 heterocycles. The summed E-state index contributed by atoms with van der Waals surface area (Å²) in [5.41, 5.74) is 0.927. The highest BCUT2D eigenvalue weighted by atomic mass is 16.5. The molecule has 2 rings (SSSR count). The molecule has 0 radical (unpaired) electrons. The number of nitrogens with zero attached hydrogens (tertiary/aromatic N) is 2. The van der Waals surface area contributed by atoms with Crippen LogP contribution in [-0.2, 0) is 11.3 Å². The van der Waals surface area contributed by atoms with Gasteiger partial charge in [-0.3, -0.25) is 0 Å². The average Bonchev–Trinajstić information content (AvgIpc) is 2.30. The minimum Gasteiger partial charge on any atom is -0.378 e. The van der Waals surface area contributed by atoms with Gasteiger partial charge in [-0.2, -0.15) is 0 Å². The molecule has 0 saturated carbocycles. The van der Waals surface area contributed by atoms with E-state index in [9.17, 15) is 0 Å². The molecule has 1 saturated heterocycles. The number of ether oxygens (including phenoxy) is 1. The zero-order valence-electron chi connectivity index (χ0n) is 10.5. The van der Waals surface area contributed by atoms with Crippen molar-refractivity contribution in [2.45, 2.75) is 32.4 Å². The molecule has 1 aromatic heterocycles. The van der Waals surface area contributed by atoms with Crippen LogP contribution in [0.1, 0.15) is 24.4 Å². The van der Waals surface area contributed by atoms with Gasteiger partial charge in [0.05, 0.1) is 12.3 Å². The second-order valence-corrected chi connectivity index (χ2v) is 4.39. The first-order chi connectivity index (χ1) is 8.28. The third-order valence-electron chi connectivity index (χ3n) is 2.87. The smallest absolute Gasteiger partial charge is 0.130 e. The molecule has 0 unspecified atom stereocenters. The number of rotatable bonds is 4. The Bertz CT molecular complexity index is 364. The summed E-state index contributed by atoms with van der Waals surface area (Å²) < 4.78 is 5.10. The first kappa shape index (κ1) is 12.3. The second-order valence-electron chi connectivity index (χ2n) is 4.39. The monoisotopic (exact) mass is 236 g/mol. The molecular weight excluding hydrogens is 216 g/mol. The summed E-state index contributed by atoms with van der Waals surface area (Å²) in [5, 5.41) is 6.82.